The van der Waals surface area contributed by atoms with Crippen molar-refractivity contribution in [2.45, 2.75) is 13.8 Å². The van der Waals surface area contributed by atoms with Crippen molar-refractivity contribution in [2.24, 2.45) is 0 Å². The number of rotatable bonds is 4. The molecule has 1 heterocycles. The van der Waals surface area contributed by atoms with Crippen LogP contribution in [0.25, 0.3) is 0 Å². The van der Waals surface area contributed by atoms with Crippen LogP contribution in [0.1, 0.15) is 22.8 Å². The van der Waals surface area contributed by atoms with Gasteiger partial charge in [-0.2, -0.15) is 0 Å². The highest BCUT2D eigenvalue weighted by molar-refractivity contribution is 6.44. The number of carbonyl (C=O) groups excluding carboxylic acids is 1. The Morgan fingerprint density at radius 2 is 1.85 bits per heavy atom. The van der Waals surface area contributed by atoms with E-state index in [-0.39, 0.29) is 10.9 Å². The number of hydrogen-bond donors (Lipinski definition) is 1. The van der Waals surface area contributed by atoms with Gasteiger partial charge in [-0.05, 0) is 49.4 Å². The van der Waals surface area contributed by atoms with Gasteiger partial charge in [0.2, 0.25) is 0 Å². The van der Waals surface area contributed by atoms with Gasteiger partial charge in [0.15, 0.2) is 0 Å². The maximum Gasteiger partial charge on any atom is 0.257 e. The van der Waals surface area contributed by atoms with E-state index in [4.69, 9.17) is 23.2 Å². The lowest BCUT2D eigenvalue weighted by atomic mass is 10.1. The topological polar surface area (TPSA) is 35.6 Å². The molecule has 4 nitrogen and oxygen atoms in total. The van der Waals surface area contributed by atoms with E-state index in [9.17, 15) is 4.79 Å². The predicted octanol–water partition coefficient (Wildman–Crippen LogP) is 4.70. The van der Waals surface area contributed by atoms with E-state index in [1.54, 1.807) is 18.2 Å². The standard InChI is InChI=1S/C20H23Cl2N3O/c1-3-24-9-11-25(12-10-24)15-7-8-18(14(2)13-15)23-20(26)16-5-4-6-17(21)19(16)22/h4-8,13H,3,9-12H2,1-2H3,(H,23,26). The molecule has 3 rings (SSSR count). The van der Waals surface area contributed by atoms with Crippen LogP contribution in [0.4, 0.5) is 11.4 Å². The normalized spacial score (nSPS) is 15.2. The first-order chi connectivity index (χ1) is 12.5. The van der Waals surface area contributed by atoms with Gasteiger partial charge in [0.1, 0.15) is 0 Å². The average molecular weight is 392 g/mol. The molecule has 138 valence electrons. The number of nitrogens with one attached hydrogen (secondary N) is 1. The average Bonchev–Trinajstić information content (AvgIpc) is 2.65. The molecule has 0 aromatic heterocycles. The number of aryl methyl sites for hydroxylation is 1. The van der Waals surface area contributed by atoms with Crippen molar-refractivity contribution in [1.29, 1.82) is 0 Å². The zero-order chi connectivity index (χ0) is 18.7. The first kappa shape index (κ1) is 19.0. The van der Waals surface area contributed by atoms with E-state index in [0.29, 0.717) is 10.6 Å². The van der Waals surface area contributed by atoms with Gasteiger partial charge < -0.3 is 15.1 Å². The summed E-state index contributed by atoms with van der Waals surface area (Å²) in [6.07, 6.45) is 0. The Balaban J connectivity index is 1.72. The third kappa shape index (κ3) is 4.14. The summed E-state index contributed by atoms with van der Waals surface area (Å²) in [5.41, 5.74) is 3.37. The van der Waals surface area contributed by atoms with Crippen LogP contribution in [0.3, 0.4) is 0 Å². The smallest absolute Gasteiger partial charge is 0.257 e. The molecule has 2 aromatic carbocycles. The minimum absolute atomic E-state index is 0.259. The molecule has 1 aliphatic heterocycles. The lowest BCUT2D eigenvalue weighted by Crippen LogP contribution is -2.46. The van der Waals surface area contributed by atoms with Crippen molar-refractivity contribution < 1.29 is 4.79 Å². The van der Waals surface area contributed by atoms with Crippen molar-refractivity contribution in [1.82, 2.24) is 4.90 Å². The van der Waals surface area contributed by atoms with E-state index in [0.717, 1.165) is 44.0 Å². The lowest BCUT2D eigenvalue weighted by Gasteiger charge is -2.35. The Morgan fingerprint density at radius 1 is 1.12 bits per heavy atom. The second-order valence-corrected chi connectivity index (χ2v) is 7.26. The number of amides is 1. The van der Waals surface area contributed by atoms with Crippen LogP contribution < -0.4 is 10.2 Å². The molecule has 0 atom stereocenters. The highest BCUT2D eigenvalue weighted by atomic mass is 35.5. The first-order valence-electron chi connectivity index (χ1n) is 8.83. The fraction of sp³-hybridized carbons (Fsp3) is 0.350. The second kappa shape index (κ2) is 8.30. The van der Waals surface area contributed by atoms with Crippen LogP contribution >= 0.6 is 23.2 Å². The Kier molecular flexibility index (Phi) is 6.07. The molecule has 0 bridgehead atoms. The number of hydrogen-bond acceptors (Lipinski definition) is 3. The summed E-state index contributed by atoms with van der Waals surface area (Å²) in [6.45, 7) is 9.52. The number of carbonyl (C=O) groups is 1. The minimum atomic E-state index is -0.259. The van der Waals surface area contributed by atoms with Crippen LogP contribution in [0, 0.1) is 6.92 Å². The number of benzene rings is 2. The number of piperazine rings is 1. The molecule has 1 aliphatic rings. The predicted molar refractivity (Wildman–Crippen MR) is 110 cm³/mol. The quantitative estimate of drug-likeness (QED) is 0.820. The molecular formula is C20H23Cl2N3O. The van der Waals surface area contributed by atoms with Gasteiger partial charge in [-0.25, -0.2) is 0 Å². The van der Waals surface area contributed by atoms with Gasteiger partial charge in [-0.1, -0.05) is 36.2 Å². The largest absolute Gasteiger partial charge is 0.369 e. The van der Waals surface area contributed by atoms with Crippen molar-refractivity contribution in [3.8, 4) is 0 Å². The molecule has 1 amide bonds. The van der Waals surface area contributed by atoms with Crippen molar-refractivity contribution in [2.75, 3.05) is 42.9 Å². The van der Waals surface area contributed by atoms with Gasteiger partial charge in [0, 0.05) is 37.6 Å². The second-order valence-electron chi connectivity index (χ2n) is 6.48. The van der Waals surface area contributed by atoms with Crippen LogP contribution in [0.5, 0.6) is 0 Å². The van der Waals surface area contributed by atoms with E-state index in [1.165, 1.54) is 5.69 Å². The van der Waals surface area contributed by atoms with Crippen molar-refractivity contribution >= 4 is 40.5 Å². The van der Waals surface area contributed by atoms with E-state index < -0.39 is 0 Å². The molecule has 26 heavy (non-hydrogen) atoms. The van der Waals surface area contributed by atoms with E-state index in [1.807, 2.05) is 13.0 Å². The third-order valence-corrected chi connectivity index (χ3v) is 5.66. The zero-order valence-corrected chi connectivity index (χ0v) is 16.6. The summed E-state index contributed by atoms with van der Waals surface area (Å²) in [6, 6.07) is 11.2. The molecular weight excluding hydrogens is 369 g/mol. The molecule has 2 aromatic rings. The Labute approximate surface area is 164 Å². The monoisotopic (exact) mass is 391 g/mol. The van der Waals surface area contributed by atoms with Crippen molar-refractivity contribution in [3.63, 3.8) is 0 Å². The lowest BCUT2D eigenvalue weighted by molar-refractivity contribution is 0.102. The molecule has 1 N–H and O–H groups in total. The molecule has 0 aliphatic carbocycles. The fourth-order valence-electron chi connectivity index (χ4n) is 3.18. The third-order valence-electron chi connectivity index (χ3n) is 4.84. The van der Waals surface area contributed by atoms with Gasteiger partial charge >= 0.3 is 0 Å². The summed E-state index contributed by atoms with van der Waals surface area (Å²) in [4.78, 5) is 17.4. The SMILES string of the molecule is CCN1CCN(c2ccc(NC(=O)c3cccc(Cl)c3Cl)c(C)c2)CC1. The number of anilines is 2. The van der Waals surface area contributed by atoms with Crippen LogP contribution in [-0.2, 0) is 0 Å². The molecule has 0 spiro atoms. The van der Waals surface area contributed by atoms with Crippen LogP contribution in [-0.4, -0.2) is 43.5 Å². The van der Waals surface area contributed by atoms with Crippen LogP contribution in [0.2, 0.25) is 10.0 Å². The minimum Gasteiger partial charge on any atom is -0.369 e. The molecule has 1 saturated heterocycles. The highest BCUT2D eigenvalue weighted by Gasteiger charge is 2.17. The molecule has 6 heteroatoms. The van der Waals surface area contributed by atoms with Crippen molar-refractivity contribution in [3.05, 3.63) is 57.6 Å². The fourth-order valence-corrected chi connectivity index (χ4v) is 3.56. The maximum absolute atomic E-state index is 12.5. The molecule has 0 unspecified atom stereocenters. The molecule has 0 radical (unpaired) electrons. The summed E-state index contributed by atoms with van der Waals surface area (Å²) in [5.74, 6) is -0.259. The Morgan fingerprint density at radius 3 is 2.50 bits per heavy atom. The van der Waals surface area contributed by atoms with Crippen LogP contribution in [0.15, 0.2) is 36.4 Å². The zero-order valence-electron chi connectivity index (χ0n) is 15.1. The summed E-state index contributed by atoms with van der Waals surface area (Å²) in [5, 5.41) is 3.58. The number of nitrogens with zero attached hydrogens (tertiary/aromatic N) is 2. The number of halogens is 2. The first-order valence-corrected chi connectivity index (χ1v) is 9.58. The van der Waals surface area contributed by atoms with Gasteiger partial charge in [-0.15, -0.1) is 0 Å². The van der Waals surface area contributed by atoms with E-state index >= 15 is 0 Å². The Hall–Kier alpha value is -1.75. The molecule has 1 fully saturated rings. The Bertz CT molecular complexity index is 802. The van der Waals surface area contributed by atoms with Gasteiger partial charge in [0.05, 0.1) is 15.6 Å². The molecule has 0 saturated carbocycles. The van der Waals surface area contributed by atoms with Gasteiger partial charge in [-0.3, -0.25) is 4.79 Å². The summed E-state index contributed by atoms with van der Waals surface area (Å²) in [7, 11) is 0. The summed E-state index contributed by atoms with van der Waals surface area (Å²) < 4.78 is 0. The van der Waals surface area contributed by atoms with E-state index in [2.05, 4.69) is 34.2 Å². The summed E-state index contributed by atoms with van der Waals surface area (Å²) >= 11 is 12.1. The van der Waals surface area contributed by atoms with Gasteiger partial charge in [0.25, 0.3) is 5.91 Å². The number of likely N-dealkylation sites (N-methyl/N-ethyl adjacent to an activating group) is 1. The highest BCUT2D eigenvalue weighted by Crippen LogP contribution is 2.28. The maximum atomic E-state index is 12.5.